The van der Waals surface area contributed by atoms with E-state index in [-0.39, 0.29) is 30.4 Å². The van der Waals surface area contributed by atoms with Gasteiger partial charge < -0.3 is 20.9 Å². The zero-order valence-corrected chi connectivity index (χ0v) is 6.99. The van der Waals surface area contributed by atoms with Crippen LogP contribution in [-0.2, 0) is 24.3 Å². The first-order valence-electron chi connectivity index (χ1n) is 0.908. The molecule has 0 aromatic heterocycles. The van der Waals surface area contributed by atoms with Crippen LogP contribution in [0.2, 0.25) is 0 Å². The van der Waals surface area contributed by atoms with Crippen LogP contribution in [0.3, 0.4) is 0 Å². The Kier molecular flexibility index (Phi) is 66.4. The first kappa shape index (κ1) is 27.9. The van der Waals surface area contributed by atoms with Crippen LogP contribution in [0.15, 0.2) is 0 Å². The van der Waals surface area contributed by atoms with Gasteiger partial charge in [0.05, 0.1) is 0 Å². The fourth-order valence-electron chi connectivity index (χ4n) is 0. The summed E-state index contributed by atoms with van der Waals surface area (Å²) in [6, 6.07) is 0. The van der Waals surface area contributed by atoms with Crippen molar-refractivity contribution in [3.63, 3.8) is 0 Å². The minimum Gasteiger partial charge on any atom is -0.550 e. The van der Waals surface area contributed by atoms with E-state index in [9.17, 15) is 0 Å². The monoisotopic (exact) mass is 159 g/mol. The van der Waals surface area contributed by atoms with E-state index in [0.29, 0.717) is 0 Å². The maximum atomic E-state index is 8.89. The largest absolute Gasteiger partial charge is 2.00 e. The van der Waals surface area contributed by atoms with Crippen molar-refractivity contribution in [3.05, 3.63) is 0 Å². The van der Waals surface area contributed by atoms with Gasteiger partial charge in [-0.1, -0.05) is 0 Å². The average molecular weight is 160 g/mol. The van der Waals surface area contributed by atoms with Gasteiger partial charge in [-0.2, -0.15) is 0 Å². The Morgan fingerprint density at radius 1 is 1.43 bits per heavy atom. The quantitative estimate of drug-likeness (QED) is 0.355. The molecule has 0 unspecified atom stereocenters. The topological polar surface area (TPSA) is 103 Å². The molecule has 0 fully saturated rings. The number of carboxylic acids is 1. The molecule has 0 bridgehead atoms. The van der Waals surface area contributed by atoms with Crippen molar-refractivity contribution < 1.29 is 40.3 Å². The summed E-state index contributed by atoms with van der Waals surface area (Å²) in [7, 11) is 0. The van der Waals surface area contributed by atoms with E-state index in [1.807, 2.05) is 0 Å². The maximum Gasteiger partial charge on any atom is 2.00 e. The van der Waals surface area contributed by atoms with Crippen LogP contribution in [0.25, 0.3) is 0 Å². The van der Waals surface area contributed by atoms with Gasteiger partial charge in [0.1, 0.15) is 0 Å². The first-order valence-corrected chi connectivity index (χ1v) is 0.908. The van der Waals surface area contributed by atoms with Gasteiger partial charge >= 0.3 is 19.5 Å². The Labute approximate surface area is 53.9 Å². The summed E-state index contributed by atoms with van der Waals surface area (Å²) in [6.07, 6.45) is 0. The van der Waals surface area contributed by atoms with Gasteiger partial charge in [-0.3, -0.25) is 0 Å². The van der Waals surface area contributed by atoms with Crippen molar-refractivity contribution >= 4 is 5.97 Å². The maximum absolute atomic E-state index is 8.89. The molecule has 0 atom stereocenters. The van der Waals surface area contributed by atoms with Crippen molar-refractivity contribution in [1.29, 1.82) is 0 Å². The molecule has 0 saturated heterocycles. The molecule has 0 rings (SSSR count). The molecular formula is C2H7O4Zn+. The molecule has 40 valence electrons. The SMILES string of the molecule is CC(=O)[O-].O.O.[Zn+2]. The van der Waals surface area contributed by atoms with Crippen LogP contribution in [0.1, 0.15) is 6.92 Å². The Morgan fingerprint density at radius 2 is 1.43 bits per heavy atom. The second-order valence-corrected chi connectivity index (χ2v) is 0.492. The summed E-state index contributed by atoms with van der Waals surface area (Å²) < 4.78 is 0. The second-order valence-electron chi connectivity index (χ2n) is 0.492. The summed E-state index contributed by atoms with van der Waals surface area (Å²) in [5, 5.41) is 8.89. The van der Waals surface area contributed by atoms with Crippen molar-refractivity contribution in [3.8, 4) is 0 Å². The van der Waals surface area contributed by atoms with E-state index >= 15 is 0 Å². The Bertz CT molecular complexity index is 32.7. The summed E-state index contributed by atoms with van der Waals surface area (Å²) in [5.74, 6) is -1.08. The van der Waals surface area contributed by atoms with Crippen LogP contribution in [0.4, 0.5) is 0 Å². The van der Waals surface area contributed by atoms with E-state index < -0.39 is 5.97 Å². The van der Waals surface area contributed by atoms with Crippen LogP contribution in [0, 0.1) is 0 Å². The van der Waals surface area contributed by atoms with Crippen molar-refractivity contribution in [2.24, 2.45) is 0 Å². The van der Waals surface area contributed by atoms with Gasteiger partial charge in [-0.05, 0) is 6.92 Å². The number of carboxylic acid groups (broad SMARTS) is 1. The van der Waals surface area contributed by atoms with Crippen molar-refractivity contribution in [2.45, 2.75) is 6.92 Å². The fraction of sp³-hybridized carbons (Fsp3) is 0.500. The van der Waals surface area contributed by atoms with Crippen molar-refractivity contribution in [1.82, 2.24) is 0 Å². The van der Waals surface area contributed by atoms with Crippen LogP contribution >= 0.6 is 0 Å². The zero-order valence-electron chi connectivity index (χ0n) is 4.02. The third kappa shape index (κ3) is 541000. The Hall–Kier alpha value is 0.0134. The predicted octanol–water partition coefficient (Wildman–Crippen LogP) is -2.90. The molecule has 0 aromatic rings. The number of hydrogen-bond acceptors (Lipinski definition) is 2. The molecule has 0 aliphatic heterocycles. The van der Waals surface area contributed by atoms with Gasteiger partial charge in [0.2, 0.25) is 0 Å². The van der Waals surface area contributed by atoms with E-state index in [1.165, 1.54) is 0 Å². The average Bonchev–Trinajstić information content (AvgIpc) is 0.811. The first-order chi connectivity index (χ1) is 1.73. The number of carbonyl (C=O) groups excluding carboxylic acids is 1. The van der Waals surface area contributed by atoms with E-state index in [4.69, 9.17) is 9.90 Å². The number of hydrogen-bond donors (Lipinski definition) is 0. The molecule has 0 aliphatic rings. The number of aliphatic carboxylic acids is 1. The minimum absolute atomic E-state index is 0. The summed E-state index contributed by atoms with van der Waals surface area (Å²) >= 11 is 0. The van der Waals surface area contributed by atoms with Crippen molar-refractivity contribution in [2.75, 3.05) is 0 Å². The minimum atomic E-state index is -1.08. The van der Waals surface area contributed by atoms with E-state index in [2.05, 4.69) is 0 Å². The summed E-state index contributed by atoms with van der Waals surface area (Å²) in [5.41, 5.74) is 0. The molecule has 0 heterocycles. The molecule has 0 aromatic carbocycles. The molecule has 0 amide bonds. The number of carbonyl (C=O) groups is 1. The molecule has 4 N–H and O–H groups in total. The van der Waals surface area contributed by atoms with Gasteiger partial charge in [0, 0.05) is 5.97 Å². The summed E-state index contributed by atoms with van der Waals surface area (Å²) in [6.45, 7) is 0.972. The smallest absolute Gasteiger partial charge is 0.550 e. The number of rotatable bonds is 0. The summed E-state index contributed by atoms with van der Waals surface area (Å²) in [4.78, 5) is 8.89. The third-order valence-electron chi connectivity index (χ3n) is 0. The van der Waals surface area contributed by atoms with Gasteiger partial charge in [0.15, 0.2) is 0 Å². The molecule has 0 spiro atoms. The third-order valence-corrected chi connectivity index (χ3v) is 0. The molecular weight excluding hydrogens is 153 g/mol. The van der Waals surface area contributed by atoms with E-state index in [0.717, 1.165) is 6.92 Å². The standard InChI is InChI=1S/C2H4O2.2H2O.Zn/c1-2(3)4;;;/h1H3,(H,3,4);2*1H2;/q;;;+2/p-1. The Balaban J connectivity index is -0.0000000150. The second kappa shape index (κ2) is 16.6. The molecule has 7 heavy (non-hydrogen) atoms. The fourth-order valence-corrected chi connectivity index (χ4v) is 0. The molecule has 0 saturated carbocycles. The Morgan fingerprint density at radius 3 is 1.43 bits per heavy atom. The normalized spacial score (nSPS) is 3.57. The molecule has 4 nitrogen and oxygen atoms in total. The molecule has 0 aliphatic carbocycles. The molecule has 0 radical (unpaired) electrons. The van der Waals surface area contributed by atoms with E-state index in [1.54, 1.807) is 0 Å². The van der Waals surface area contributed by atoms with Gasteiger partial charge in [0.25, 0.3) is 0 Å². The van der Waals surface area contributed by atoms with Crippen LogP contribution in [0.5, 0.6) is 0 Å². The zero-order chi connectivity index (χ0) is 3.58. The van der Waals surface area contributed by atoms with Gasteiger partial charge in [-0.15, -0.1) is 0 Å². The van der Waals surface area contributed by atoms with Gasteiger partial charge in [-0.25, -0.2) is 0 Å². The van der Waals surface area contributed by atoms with Crippen LogP contribution in [-0.4, -0.2) is 16.9 Å². The van der Waals surface area contributed by atoms with Crippen LogP contribution < -0.4 is 5.11 Å². The molecule has 5 heteroatoms. The predicted molar refractivity (Wildman–Crippen MR) is 17.9 cm³/mol.